The Morgan fingerprint density at radius 2 is 1.77 bits per heavy atom. The van der Waals surface area contributed by atoms with Gasteiger partial charge in [0, 0.05) is 25.7 Å². The van der Waals surface area contributed by atoms with Gasteiger partial charge in [-0.05, 0) is 55.0 Å². The van der Waals surface area contributed by atoms with Crippen LogP contribution in [0.2, 0.25) is 0 Å². The number of aryl methyl sites for hydroxylation is 1. The first-order valence-corrected chi connectivity index (χ1v) is 11.4. The van der Waals surface area contributed by atoms with E-state index < -0.39 is 11.6 Å². The van der Waals surface area contributed by atoms with E-state index in [2.05, 4.69) is 27.4 Å². The second kappa shape index (κ2) is 10.7. The van der Waals surface area contributed by atoms with E-state index in [1.807, 2.05) is 17.0 Å². The number of benzene rings is 2. The molecule has 1 fully saturated rings. The molecule has 1 aliphatic rings. The molecule has 2 heterocycles. The van der Waals surface area contributed by atoms with Crippen molar-refractivity contribution < 1.29 is 23.0 Å². The molecule has 4 rings (SSSR count). The largest absolute Gasteiger partial charge is 0.494 e. The highest BCUT2D eigenvalue weighted by molar-refractivity contribution is 5.73. The zero-order valence-electron chi connectivity index (χ0n) is 20.0. The van der Waals surface area contributed by atoms with Gasteiger partial charge >= 0.3 is 0 Å². The third kappa shape index (κ3) is 5.67. The van der Waals surface area contributed by atoms with Gasteiger partial charge in [0.15, 0.2) is 17.3 Å². The molecule has 1 aliphatic heterocycles. The first-order valence-electron chi connectivity index (χ1n) is 11.4. The molecule has 0 saturated carbocycles. The minimum Gasteiger partial charge on any atom is -0.494 e. The number of piperidine rings is 1. The molecule has 3 aromatic rings. The Kier molecular flexibility index (Phi) is 7.43. The summed E-state index contributed by atoms with van der Waals surface area (Å²) in [5, 5.41) is 3.13. The van der Waals surface area contributed by atoms with Crippen LogP contribution >= 0.6 is 0 Å². The van der Waals surface area contributed by atoms with Crippen LogP contribution in [-0.2, 0) is 11.4 Å². The van der Waals surface area contributed by atoms with Gasteiger partial charge in [-0.15, -0.1) is 0 Å². The summed E-state index contributed by atoms with van der Waals surface area (Å²) in [5.41, 5.74) is 2.14. The molecule has 1 aromatic heterocycles. The lowest BCUT2D eigenvalue weighted by Crippen LogP contribution is -2.36. The maximum absolute atomic E-state index is 14.4. The van der Waals surface area contributed by atoms with Crippen molar-refractivity contribution >= 4 is 17.5 Å². The lowest BCUT2D eigenvalue weighted by Gasteiger charge is -2.31. The molecule has 35 heavy (non-hydrogen) atoms. The summed E-state index contributed by atoms with van der Waals surface area (Å²) in [6.45, 7) is 4.41. The van der Waals surface area contributed by atoms with Gasteiger partial charge in [0.05, 0.1) is 25.1 Å². The molecular formula is C26H28F2N4O3. The fourth-order valence-corrected chi connectivity index (χ4v) is 4.19. The molecule has 0 radical (unpaired) electrons. The summed E-state index contributed by atoms with van der Waals surface area (Å²) in [6.07, 6.45) is 4.80. The van der Waals surface area contributed by atoms with E-state index in [9.17, 15) is 13.6 Å². The Morgan fingerprint density at radius 1 is 1.11 bits per heavy atom. The Bertz CT molecular complexity index is 1180. The van der Waals surface area contributed by atoms with E-state index in [0.29, 0.717) is 11.9 Å². The molecule has 7 nitrogen and oxygen atoms in total. The summed E-state index contributed by atoms with van der Waals surface area (Å²) in [7, 11) is 1.33. The molecule has 0 bridgehead atoms. The maximum Gasteiger partial charge on any atom is 0.227 e. The predicted molar refractivity (Wildman–Crippen MR) is 128 cm³/mol. The van der Waals surface area contributed by atoms with Crippen LogP contribution in [0.4, 0.5) is 20.4 Å². The van der Waals surface area contributed by atoms with Crippen molar-refractivity contribution in [1.82, 2.24) is 14.9 Å². The number of halogens is 2. The van der Waals surface area contributed by atoms with Gasteiger partial charge in [-0.1, -0.05) is 12.1 Å². The number of carbonyl (C=O) groups excluding carboxylic acids is 1. The number of aromatic nitrogens is 2. The zero-order chi connectivity index (χ0) is 24.9. The molecule has 1 amide bonds. The Hall–Kier alpha value is -3.75. The summed E-state index contributed by atoms with van der Waals surface area (Å²) >= 11 is 0. The highest BCUT2D eigenvalue weighted by Crippen LogP contribution is 2.30. The summed E-state index contributed by atoms with van der Waals surface area (Å²) < 4.78 is 39.2. The number of nitrogens with one attached hydrogen (secondary N) is 1. The fraction of sp³-hybridized carbons (Fsp3) is 0.346. The smallest absolute Gasteiger partial charge is 0.227 e. The quantitative estimate of drug-likeness (QED) is 0.504. The van der Waals surface area contributed by atoms with Gasteiger partial charge in [-0.2, -0.15) is 0 Å². The number of methoxy groups -OCH3 is 1. The monoisotopic (exact) mass is 482 g/mol. The van der Waals surface area contributed by atoms with Crippen molar-refractivity contribution in [2.24, 2.45) is 0 Å². The van der Waals surface area contributed by atoms with Gasteiger partial charge in [-0.3, -0.25) is 4.79 Å². The van der Waals surface area contributed by atoms with Crippen LogP contribution in [0, 0.1) is 18.6 Å². The van der Waals surface area contributed by atoms with Crippen LogP contribution in [0.1, 0.15) is 42.4 Å². The molecule has 184 valence electrons. The number of carbonyl (C=O) groups is 1. The minimum atomic E-state index is -0.789. The lowest BCUT2D eigenvalue weighted by atomic mass is 9.89. The van der Waals surface area contributed by atoms with E-state index >= 15 is 0 Å². The van der Waals surface area contributed by atoms with Crippen molar-refractivity contribution in [3.63, 3.8) is 0 Å². The predicted octanol–water partition coefficient (Wildman–Crippen LogP) is 5.12. The molecule has 2 aromatic carbocycles. The molecule has 1 saturated heterocycles. The van der Waals surface area contributed by atoms with Gasteiger partial charge in [-0.25, -0.2) is 18.7 Å². The SMILES string of the molecule is COc1cc(C)c(F)c(COc2cnc(Nc3ccc(C4CCN(C(C)=O)CC4)cc3)nc2)c1F. The van der Waals surface area contributed by atoms with Gasteiger partial charge in [0.25, 0.3) is 0 Å². The van der Waals surface area contributed by atoms with Crippen LogP contribution in [0.3, 0.4) is 0 Å². The van der Waals surface area contributed by atoms with Crippen molar-refractivity contribution in [1.29, 1.82) is 0 Å². The second-order valence-electron chi connectivity index (χ2n) is 8.56. The maximum atomic E-state index is 14.4. The number of nitrogens with zero attached hydrogens (tertiary/aromatic N) is 3. The Labute approximate surface area is 203 Å². The third-order valence-corrected chi connectivity index (χ3v) is 6.25. The minimum absolute atomic E-state index is 0.0363. The number of anilines is 2. The summed E-state index contributed by atoms with van der Waals surface area (Å²) in [5.74, 6) is -0.273. The van der Waals surface area contributed by atoms with Crippen molar-refractivity contribution in [3.05, 3.63) is 71.1 Å². The normalized spacial score (nSPS) is 14.0. The van der Waals surface area contributed by atoms with Crippen LogP contribution in [0.15, 0.2) is 42.7 Å². The number of amides is 1. The first kappa shape index (κ1) is 24.4. The highest BCUT2D eigenvalue weighted by Gasteiger charge is 2.22. The molecule has 1 N–H and O–H groups in total. The average Bonchev–Trinajstić information content (AvgIpc) is 2.87. The molecule has 0 aliphatic carbocycles. The second-order valence-corrected chi connectivity index (χ2v) is 8.56. The van der Waals surface area contributed by atoms with Crippen LogP contribution in [-0.4, -0.2) is 41.0 Å². The zero-order valence-corrected chi connectivity index (χ0v) is 20.0. The van der Waals surface area contributed by atoms with E-state index in [0.717, 1.165) is 31.6 Å². The van der Waals surface area contributed by atoms with E-state index in [1.165, 1.54) is 38.1 Å². The summed E-state index contributed by atoms with van der Waals surface area (Å²) in [6, 6.07) is 9.40. The molecule has 9 heteroatoms. The first-order chi connectivity index (χ1) is 16.9. The number of hydrogen-bond acceptors (Lipinski definition) is 6. The summed E-state index contributed by atoms with van der Waals surface area (Å²) in [4.78, 5) is 21.8. The van der Waals surface area contributed by atoms with Crippen molar-refractivity contribution in [2.45, 2.75) is 39.2 Å². The van der Waals surface area contributed by atoms with Gasteiger partial charge < -0.3 is 19.7 Å². The topological polar surface area (TPSA) is 76.6 Å². The lowest BCUT2D eigenvalue weighted by molar-refractivity contribution is -0.129. The Balaban J connectivity index is 1.34. The van der Waals surface area contributed by atoms with E-state index in [1.54, 1.807) is 6.92 Å². The molecule has 0 atom stereocenters. The van der Waals surface area contributed by atoms with Crippen LogP contribution in [0.25, 0.3) is 0 Å². The molecule has 0 spiro atoms. The number of hydrogen-bond donors (Lipinski definition) is 1. The number of ether oxygens (including phenoxy) is 2. The fourth-order valence-electron chi connectivity index (χ4n) is 4.19. The van der Waals surface area contributed by atoms with Gasteiger partial charge in [0.1, 0.15) is 12.4 Å². The standard InChI is InChI=1S/C26H28F2N4O3/c1-16-12-23(34-3)25(28)22(24(16)27)15-35-21-13-29-26(30-14-21)31-20-6-4-18(5-7-20)19-8-10-32(11-9-19)17(2)33/h4-7,12-14,19H,8-11,15H2,1-3H3,(H,29,30,31). The van der Waals surface area contributed by atoms with E-state index in [-0.39, 0.29) is 35.1 Å². The highest BCUT2D eigenvalue weighted by atomic mass is 19.1. The van der Waals surface area contributed by atoms with Crippen molar-refractivity contribution in [2.75, 3.05) is 25.5 Å². The molecular weight excluding hydrogens is 454 g/mol. The van der Waals surface area contributed by atoms with Crippen LogP contribution in [0.5, 0.6) is 11.5 Å². The third-order valence-electron chi connectivity index (χ3n) is 6.25. The number of rotatable bonds is 7. The van der Waals surface area contributed by atoms with Crippen molar-refractivity contribution in [3.8, 4) is 11.5 Å². The average molecular weight is 483 g/mol. The van der Waals surface area contributed by atoms with Crippen LogP contribution < -0.4 is 14.8 Å². The Morgan fingerprint density at radius 3 is 2.37 bits per heavy atom. The van der Waals surface area contributed by atoms with E-state index in [4.69, 9.17) is 9.47 Å². The number of likely N-dealkylation sites (tertiary alicyclic amines) is 1. The van der Waals surface area contributed by atoms with Gasteiger partial charge in [0.2, 0.25) is 11.9 Å². The molecule has 0 unspecified atom stereocenters.